The van der Waals surface area contributed by atoms with E-state index < -0.39 is 54.0 Å². The van der Waals surface area contributed by atoms with Gasteiger partial charge in [-0.3, -0.25) is 4.79 Å². The maximum absolute atomic E-state index is 13.0. The van der Waals surface area contributed by atoms with Crippen LogP contribution >= 0.6 is 0 Å². The molecule has 0 radical (unpaired) electrons. The van der Waals surface area contributed by atoms with E-state index in [1.807, 2.05) is 0 Å². The van der Waals surface area contributed by atoms with Gasteiger partial charge in [0.25, 0.3) is 0 Å². The number of carbonyl (C=O) groups excluding carboxylic acids is 3. The van der Waals surface area contributed by atoms with Crippen LogP contribution in [0.3, 0.4) is 0 Å². The second-order valence-corrected chi connectivity index (χ2v) is 8.13. The molecule has 2 aliphatic heterocycles. The van der Waals surface area contributed by atoms with E-state index >= 15 is 0 Å². The summed E-state index contributed by atoms with van der Waals surface area (Å²) in [6, 6.07) is 6.21. The number of carbonyl (C=O) groups is 3. The fraction of sp³-hybridized carbons (Fsp3) is 0.500. The Kier molecular flexibility index (Phi) is 7.77. The van der Waals surface area contributed by atoms with Crippen molar-refractivity contribution < 1.29 is 38.1 Å². The molecule has 0 aromatic heterocycles. The van der Waals surface area contributed by atoms with Gasteiger partial charge in [-0.1, -0.05) is 23.3 Å². The second kappa shape index (κ2) is 10.6. The van der Waals surface area contributed by atoms with Crippen molar-refractivity contribution in [2.75, 3.05) is 13.7 Å². The Morgan fingerprint density at radius 2 is 1.94 bits per heavy atom. The molecule has 1 aromatic rings. The van der Waals surface area contributed by atoms with Crippen molar-refractivity contribution in [1.29, 1.82) is 0 Å². The third kappa shape index (κ3) is 5.84. The Morgan fingerprint density at radius 3 is 2.50 bits per heavy atom. The number of azide groups is 1. The molecule has 0 saturated carbocycles. The number of amides is 1. The largest absolute Gasteiger partial charge is 0.477 e. The van der Waals surface area contributed by atoms with Gasteiger partial charge in [0.2, 0.25) is 11.7 Å². The normalized spacial score (nSPS) is 26.2. The fourth-order valence-electron chi connectivity index (χ4n) is 3.77. The topological polar surface area (TPSA) is 158 Å². The predicted octanol–water partition coefficient (Wildman–Crippen LogP) is 2.00. The molecule has 5 atom stereocenters. The van der Waals surface area contributed by atoms with Crippen LogP contribution in [0, 0.1) is 0 Å². The lowest BCUT2D eigenvalue weighted by atomic mass is 9.92. The molecule has 0 bridgehead atoms. The fourth-order valence-corrected chi connectivity index (χ4v) is 3.77. The standard InChI is InChI=1S/C22H26N4O8/c1-12(27)24-17-14(25-26-23)10-15(21(29)30-4)32-19(17)18(16-11-31-22(2,3)34-16)33-20(28)13-8-6-5-7-9-13/h5-10,14,16-19H,11H2,1-4H3,(H,24,27)/t14-,16+,17+,18+,19+/m0/s1. The van der Waals surface area contributed by atoms with Crippen LogP contribution in [0.15, 0.2) is 47.3 Å². The van der Waals surface area contributed by atoms with Gasteiger partial charge in [-0.15, -0.1) is 0 Å². The van der Waals surface area contributed by atoms with Gasteiger partial charge in [0.05, 0.1) is 31.4 Å². The van der Waals surface area contributed by atoms with E-state index in [9.17, 15) is 14.4 Å². The Labute approximate surface area is 195 Å². The third-order valence-corrected chi connectivity index (χ3v) is 5.22. The number of esters is 2. The van der Waals surface area contributed by atoms with Crippen LogP contribution in [0.4, 0.5) is 0 Å². The van der Waals surface area contributed by atoms with E-state index in [1.54, 1.807) is 44.2 Å². The highest BCUT2D eigenvalue weighted by Crippen LogP contribution is 2.33. The van der Waals surface area contributed by atoms with Crippen molar-refractivity contribution in [3.05, 3.63) is 58.2 Å². The number of ether oxygens (including phenoxy) is 5. The summed E-state index contributed by atoms with van der Waals surface area (Å²) in [5.41, 5.74) is 9.35. The van der Waals surface area contributed by atoms with Gasteiger partial charge in [0.1, 0.15) is 6.10 Å². The van der Waals surface area contributed by atoms with Crippen molar-refractivity contribution in [3.63, 3.8) is 0 Å². The maximum atomic E-state index is 13.0. The van der Waals surface area contributed by atoms with Crippen molar-refractivity contribution in [2.24, 2.45) is 5.11 Å². The van der Waals surface area contributed by atoms with Gasteiger partial charge >= 0.3 is 11.9 Å². The zero-order chi connectivity index (χ0) is 24.9. The summed E-state index contributed by atoms with van der Waals surface area (Å²) in [6.45, 7) is 4.69. The molecule has 182 valence electrons. The zero-order valence-corrected chi connectivity index (χ0v) is 19.2. The molecule has 1 fully saturated rings. The Hall–Kier alpha value is -3.60. The summed E-state index contributed by atoms with van der Waals surface area (Å²) in [4.78, 5) is 40.1. The molecule has 1 N–H and O–H groups in total. The molecule has 1 aromatic carbocycles. The summed E-state index contributed by atoms with van der Waals surface area (Å²) < 4.78 is 28.0. The van der Waals surface area contributed by atoms with Crippen molar-refractivity contribution in [2.45, 2.75) is 57.0 Å². The van der Waals surface area contributed by atoms with Crippen LogP contribution in [0.1, 0.15) is 31.1 Å². The minimum absolute atomic E-state index is 0.0375. The summed E-state index contributed by atoms with van der Waals surface area (Å²) in [5.74, 6) is -3.21. The van der Waals surface area contributed by atoms with Gasteiger partial charge in [-0.05, 0) is 37.6 Å². The first-order valence-corrected chi connectivity index (χ1v) is 10.5. The molecule has 34 heavy (non-hydrogen) atoms. The van der Waals surface area contributed by atoms with E-state index in [2.05, 4.69) is 15.3 Å². The first-order valence-electron chi connectivity index (χ1n) is 10.5. The number of nitrogens with zero attached hydrogens (tertiary/aromatic N) is 3. The summed E-state index contributed by atoms with van der Waals surface area (Å²) in [6.07, 6.45) is -1.94. The van der Waals surface area contributed by atoms with E-state index in [1.165, 1.54) is 13.0 Å². The highest BCUT2D eigenvalue weighted by Gasteiger charge is 2.50. The molecule has 12 nitrogen and oxygen atoms in total. The summed E-state index contributed by atoms with van der Waals surface area (Å²) >= 11 is 0. The van der Waals surface area contributed by atoms with E-state index in [4.69, 9.17) is 29.2 Å². The van der Waals surface area contributed by atoms with Gasteiger partial charge < -0.3 is 29.0 Å². The molecular formula is C22H26N4O8. The molecule has 1 saturated heterocycles. The van der Waals surface area contributed by atoms with Crippen LogP contribution in [0.2, 0.25) is 0 Å². The maximum Gasteiger partial charge on any atom is 0.372 e. The third-order valence-electron chi connectivity index (χ3n) is 5.22. The van der Waals surface area contributed by atoms with E-state index in [0.717, 1.165) is 7.11 Å². The number of benzene rings is 1. The van der Waals surface area contributed by atoms with Crippen molar-refractivity contribution >= 4 is 17.8 Å². The number of nitrogens with one attached hydrogen (secondary N) is 1. The van der Waals surface area contributed by atoms with Gasteiger partial charge in [0.15, 0.2) is 18.0 Å². The monoisotopic (exact) mass is 474 g/mol. The SMILES string of the molecule is COC(=O)C1=C[C@H](N=[N+]=[N-])[C@@H](NC(C)=O)[C@H]([C@H](OC(=O)c2ccccc2)[C@H]2COC(C)(C)O2)O1. The van der Waals surface area contributed by atoms with Gasteiger partial charge in [0, 0.05) is 11.8 Å². The van der Waals surface area contributed by atoms with Gasteiger partial charge in [-0.2, -0.15) is 0 Å². The highest BCUT2D eigenvalue weighted by molar-refractivity contribution is 5.89. The second-order valence-electron chi connectivity index (χ2n) is 8.13. The van der Waals surface area contributed by atoms with Crippen molar-refractivity contribution in [1.82, 2.24) is 5.32 Å². The quantitative estimate of drug-likeness (QED) is 0.272. The number of hydrogen-bond donors (Lipinski definition) is 1. The summed E-state index contributed by atoms with van der Waals surface area (Å²) in [5, 5.41) is 6.37. The molecule has 3 rings (SSSR count). The Morgan fingerprint density at radius 1 is 1.24 bits per heavy atom. The smallest absolute Gasteiger partial charge is 0.372 e. The Bertz CT molecular complexity index is 1010. The van der Waals surface area contributed by atoms with Crippen LogP contribution in [0.5, 0.6) is 0 Å². The Balaban J connectivity index is 2.04. The number of methoxy groups -OCH3 is 1. The molecule has 2 heterocycles. The minimum Gasteiger partial charge on any atom is -0.477 e. The number of rotatable bonds is 7. The molecular weight excluding hydrogens is 448 g/mol. The van der Waals surface area contributed by atoms with Crippen LogP contribution in [0.25, 0.3) is 10.4 Å². The zero-order valence-electron chi connectivity index (χ0n) is 19.2. The van der Waals surface area contributed by atoms with E-state index in [0.29, 0.717) is 0 Å². The van der Waals surface area contributed by atoms with Gasteiger partial charge in [-0.25, -0.2) is 9.59 Å². The highest BCUT2D eigenvalue weighted by atomic mass is 16.8. The molecule has 0 unspecified atom stereocenters. The lowest BCUT2D eigenvalue weighted by Gasteiger charge is -2.40. The molecule has 0 spiro atoms. The lowest BCUT2D eigenvalue weighted by Crippen LogP contribution is -2.60. The average Bonchev–Trinajstić information content (AvgIpc) is 3.17. The summed E-state index contributed by atoms with van der Waals surface area (Å²) in [7, 11) is 1.16. The first kappa shape index (κ1) is 25.0. The van der Waals surface area contributed by atoms with E-state index in [-0.39, 0.29) is 17.9 Å². The molecule has 0 aliphatic carbocycles. The average molecular weight is 474 g/mol. The van der Waals surface area contributed by atoms with Crippen molar-refractivity contribution in [3.8, 4) is 0 Å². The van der Waals surface area contributed by atoms with Crippen LogP contribution in [-0.2, 0) is 33.3 Å². The molecule has 1 amide bonds. The number of hydrogen-bond acceptors (Lipinski definition) is 9. The first-order chi connectivity index (χ1) is 16.1. The van der Waals surface area contributed by atoms with Crippen LogP contribution in [-0.4, -0.2) is 67.7 Å². The molecule has 12 heteroatoms. The minimum atomic E-state index is -1.19. The molecule has 2 aliphatic rings. The predicted molar refractivity (Wildman–Crippen MR) is 116 cm³/mol. The van der Waals surface area contributed by atoms with Crippen LogP contribution < -0.4 is 5.32 Å². The lowest BCUT2D eigenvalue weighted by molar-refractivity contribution is -0.170.